The highest BCUT2D eigenvalue weighted by molar-refractivity contribution is 7.95. The smallest absolute Gasteiger partial charge is 0.196 e. The zero-order valence-electron chi connectivity index (χ0n) is 15.5. The molecule has 1 unspecified atom stereocenters. The van der Waals surface area contributed by atoms with Crippen LogP contribution in [0.25, 0.3) is 0 Å². The molecule has 0 heterocycles. The van der Waals surface area contributed by atoms with Gasteiger partial charge in [0.25, 0.3) is 0 Å². The number of hydrogen-bond donors (Lipinski definition) is 0. The molecule has 0 aliphatic carbocycles. The van der Waals surface area contributed by atoms with Crippen LogP contribution in [-0.4, -0.2) is 17.9 Å². The number of halogens is 1. The van der Waals surface area contributed by atoms with E-state index in [0.29, 0.717) is 13.1 Å². The molecule has 0 N–H and O–H groups in total. The van der Waals surface area contributed by atoms with Crippen LogP contribution in [-0.2, 0) is 31.3 Å². The van der Waals surface area contributed by atoms with Gasteiger partial charge in [-0.25, -0.2) is 0 Å². The van der Waals surface area contributed by atoms with Crippen molar-refractivity contribution in [2.45, 2.75) is 26.9 Å². The molecule has 8 heteroatoms. The van der Waals surface area contributed by atoms with Crippen molar-refractivity contribution in [3.63, 3.8) is 0 Å². The molecule has 1 atom stereocenters. The maximum atomic E-state index is 13.4. The summed E-state index contributed by atoms with van der Waals surface area (Å²) in [5.41, 5.74) is 1.90. The molecule has 2 rings (SSSR count). The molecule has 0 amide bonds. The molecule has 0 aliphatic heterocycles. The van der Waals surface area contributed by atoms with Gasteiger partial charge in [-0.3, -0.25) is 9.24 Å². The van der Waals surface area contributed by atoms with Crippen molar-refractivity contribution in [2.24, 2.45) is 0 Å². The summed E-state index contributed by atoms with van der Waals surface area (Å²) in [5.74, 6) is 1.07. The monoisotopic (exact) mass is 428 g/mol. The van der Waals surface area contributed by atoms with Gasteiger partial charge in [0, 0.05) is 13.1 Å². The summed E-state index contributed by atoms with van der Waals surface area (Å²) in [6.45, 7) is 0.765. The average molecular weight is 429 g/mol. The van der Waals surface area contributed by atoms with E-state index in [9.17, 15) is 9.13 Å². The first kappa shape index (κ1) is 22.4. The number of rotatable bonds is 11. The summed E-state index contributed by atoms with van der Waals surface area (Å²) in [5, 5.41) is 0. The Hall–Kier alpha value is -0.930. The van der Waals surface area contributed by atoms with Gasteiger partial charge in [0.15, 0.2) is 7.60 Å². The summed E-state index contributed by atoms with van der Waals surface area (Å²) in [4.78, 5) is 0. The third-order valence-corrected chi connectivity index (χ3v) is 9.69. The van der Waals surface area contributed by atoms with Crippen LogP contribution in [0.2, 0.25) is 0 Å². The third kappa shape index (κ3) is 7.19. The molecule has 27 heavy (non-hydrogen) atoms. The molecule has 0 aromatic heterocycles. The molecule has 0 saturated heterocycles. The average Bonchev–Trinajstić information content (AvgIpc) is 2.62. The van der Waals surface area contributed by atoms with Gasteiger partial charge >= 0.3 is 0 Å². The maximum Gasteiger partial charge on any atom is 0.196 e. The summed E-state index contributed by atoms with van der Waals surface area (Å²) in [7, 11) is -3.67. The minimum Gasteiger partial charge on any atom is -0.331 e. The van der Waals surface area contributed by atoms with Crippen LogP contribution in [0.5, 0.6) is 0 Å². The van der Waals surface area contributed by atoms with Crippen LogP contribution >= 0.6 is 25.5 Å². The lowest BCUT2D eigenvalue weighted by Gasteiger charge is -2.37. The Morgan fingerprint density at radius 1 is 0.852 bits per heavy atom. The van der Waals surface area contributed by atoms with Gasteiger partial charge in [-0.1, -0.05) is 71.9 Å². The molecule has 0 radical (unpaired) electrons. The van der Waals surface area contributed by atoms with Crippen LogP contribution < -0.4 is 0 Å². The highest BCUT2D eigenvalue weighted by atomic mass is 35.7. The van der Waals surface area contributed by atoms with Crippen molar-refractivity contribution in [3.8, 4) is 0 Å². The van der Waals surface area contributed by atoms with Crippen molar-refractivity contribution >= 4 is 25.5 Å². The topological polar surface area (TPSA) is 55.8 Å². The van der Waals surface area contributed by atoms with Crippen LogP contribution in [0.3, 0.4) is 0 Å². The Morgan fingerprint density at radius 2 is 1.26 bits per heavy atom. The molecule has 0 fully saturated rings. The molecule has 0 aliphatic rings. The van der Waals surface area contributed by atoms with Gasteiger partial charge in [0.05, 0.1) is 13.2 Å². The highest BCUT2D eigenvalue weighted by Crippen LogP contribution is 2.71. The maximum absolute atomic E-state index is 13.4. The van der Waals surface area contributed by atoms with E-state index in [2.05, 4.69) is 0 Å². The molecule has 5 nitrogen and oxygen atoms in total. The Balaban J connectivity index is 2.29. The zero-order chi connectivity index (χ0) is 19.8. The number of benzene rings is 2. The first-order chi connectivity index (χ1) is 12.9. The fourth-order valence-electron chi connectivity index (χ4n) is 2.55. The van der Waals surface area contributed by atoms with E-state index < -0.39 is 14.2 Å². The SMILES string of the molecule is CCOP(=O)([CH-]P(=O)(Cl)N(Cc1ccccc1)Cc1ccccc1)OCC. The summed E-state index contributed by atoms with van der Waals surface area (Å²) in [6, 6.07) is 19.2. The Kier molecular flexibility index (Phi) is 8.75. The quantitative estimate of drug-likeness (QED) is 0.302. The Morgan fingerprint density at radius 3 is 1.63 bits per heavy atom. The van der Waals surface area contributed by atoms with Crippen molar-refractivity contribution in [2.75, 3.05) is 13.2 Å². The van der Waals surface area contributed by atoms with Gasteiger partial charge in [-0.15, -0.1) is 5.90 Å². The second-order valence-corrected chi connectivity index (χ2v) is 11.5. The van der Waals surface area contributed by atoms with Crippen LogP contribution in [0.1, 0.15) is 25.0 Å². The van der Waals surface area contributed by atoms with Gasteiger partial charge in [0.1, 0.15) is 6.65 Å². The lowest BCUT2D eigenvalue weighted by molar-refractivity contribution is 0.227. The van der Waals surface area contributed by atoms with Gasteiger partial charge in [-0.05, 0) is 25.0 Å². The van der Waals surface area contributed by atoms with Crippen LogP contribution in [0, 0.1) is 5.90 Å². The van der Waals surface area contributed by atoms with E-state index in [1.165, 1.54) is 0 Å². The van der Waals surface area contributed by atoms with E-state index in [1.54, 1.807) is 18.5 Å². The minimum atomic E-state index is -3.67. The van der Waals surface area contributed by atoms with E-state index >= 15 is 0 Å². The van der Waals surface area contributed by atoms with Crippen molar-refractivity contribution < 1.29 is 18.2 Å². The van der Waals surface area contributed by atoms with E-state index in [1.807, 2.05) is 60.7 Å². The van der Waals surface area contributed by atoms with E-state index in [4.69, 9.17) is 20.3 Å². The fraction of sp³-hybridized carbons (Fsp3) is 0.316. The van der Waals surface area contributed by atoms with Crippen LogP contribution in [0.4, 0.5) is 0 Å². The van der Waals surface area contributed by atoms with Crippen molar-refractivity contribution in [3.05, 3.63) is 77.7 Å². The largest absolute Gasteiger partial charge is 0.331 e. The minimum absolute atomic E-state index is 0.169. The van der Waals surface area contributed by atoms with Gasteiger partial charge in [0.2, 0.25) is 0 Å². The van der Waals surface area contributed by atoms with Gasteiger partial charge < -0.3 is 13.6 Å². The summed E-state index contributed by atoms with van der Waals surface area (Å²) in [6.07, 6.45) is 0. The molecule has 148 valence electrons. The van der Waals surface area contributed by atoms with E-state index in [0.717, 1.165) is 17.0 Å². The van der Waals surface area contributed by atoms with Crippen molar-refractivity contribution in [1.29, 1.82) is 0 Å². The second-order valence-electron chi connectivity index (χ2n) is 5.83. The van der Waals surface area contributed by atoms with Crippen LogP contribution in [0.15, 0.2) is 60.7 Å². The first-order valence-electron chi connectivity index (χ1n) is 8.77. The normalized spacial score (nSPS) is 14.2. The lowest BCUT2D eigenvalue weighted by Crippen LogP contribution is -2.18. The molecule has 0 bridgehead atoms. The standard InChI is InChI=1S/C19H25ClNO4P2/c1-3-24-27(23,25-4-2)17-26(20,22)21(15-18-11-7-5-8-12-18)16-19-13-9-6-10-14-19/h5-14,17H,3-4,15-16H2,1-2H3/q-1. The predicted molar refractivity (Wildman–Crippen MR) is 111 cm³/mol. The zero-order valence-corrected chi connectivity index (χ0v) is 18.1. The highest BCUT2D eigenvalue weighted by Gasteiger charge is 2.29. The lowest BCUT2D eigenvalue weighted by atomic mass is 10.2. The summed E-state index contributed by atoms with van der Waals surface area (Å²) < 4.78 is 38.4. The second kappa shape index (κ2) is 10.6. The van der Waals surface area contributed by atoms with Gasteiger partial charge in [-0.2, -0.15) is 0 Å². The third-order valence-electron chi connectivity index (χ3n) is 3.70. The number of hydrogen-bond acceptors (Lipinski definition) is 4. The molecule has 2 aromatic rings. The van der Waals surface area contributed by atoms with E-state index in [-0.39, 0.29) is 13.2 Å². The predicted octanol–water partition coefficient (Wildman–Crippen LogP) is 6.51. The Labute approximate surface area is 166 Å². The molecule has 2 aromatic carbocycles. The first-order valence-corrected chi connectivity index (χ1v) is 13.0. The Bertz CT molecular complexity index is 737. The molecular formula is C19H25ClNO4P2-. The molecule has 0 saturated carbocycles. The fourth-order valence-corrected chi connectivity index (χ4v) is 7.85. The van der Waals surface area contributed by atoms with Crippen molar-refractivity contribution in [1.82, 2.24) is 4.67 Å². The molecule has 0 spiro atoms. The summed E-state index contributed by atoms with van der Waals surface area (Å²) >= 11 is 6.45. The molecular weight excluding hydrogens is 404 g/mol. The number of nitrogens with zero attached hydrogens (tertiary/aromatic N) is 1.